The molecule has 25 heavy (non-hydrogen) atoms. The number of carbonyl (C=O) groups excluding carboxylic acids is 1. The van der Waals surface area contributed by atoms with E-state index in [1.165, 1.54) is 29.5 Å². The Labute approximate surface area is 148 Å². The summed E-state index contributed by atoms with van der Waals surface area (Å²) in [6.45, 7) is 3.20. The predicted octanol–water partition coefficient (Wildman–Crippen LogP) is 3.52. The molecule has 1 fully saturated rings. The Bertz CT molecular complexity index is 922. The van der Waals surface area contributed by atoms with Gasteiger partial charge in [-0.1, -0.05) is 17.4 Å². The molecule has 5 nitrogen and oxygen atoms in total. The quantitative estimate of drug-likeness (QED) is 0.779. The summed E-state index contributed by atoms with van der Waals surface area (Å²) in [5.74, 6) is -0.806. The average molecular weight is 357 g/mol. The van der Waals surface area contributed by atoms with Crippen LogP contribution in [0, 0.1) is 5.82 Å². The molecule has 2 heterocycles. The Kier molecular flexibility index (Phi) is 4.33. The lowest BCUT2D eigenvalue weighted by Crippen LogP contribution is -2.36. The van der Waals surface area contributed by atoms with Gasteiger partial charge in [0.25, 0.3) is 5.91 Å². The van der Waals surface area contributed by atoms with Gasteiger partial charge in [0.1, 0.15) is 5.82 Å². The topological polar surface area (TPSA) is 54.5 Å². The van der Waals surface area contributed by atoms with E-state index in [0.717, 1.165) is 42.2 Å². The van der Waals surface area contributed by atoms with E-state index in [4.69, 9.17) is 4.74 Å². The van der Waals surface area contributed by atoms with Crippen molar-refractivity contribution >= 4 is 38.3 Å². The van der Waals surface area contributed by atoms with Crippen LogP contribution in [0.15, 0.2) is 42.5 Å². The fourth-order valence-electron chi connectivity index (χ4n) is 2.78. The van der Waals surface area contributed by atoms with E-state index >= 15 is 0 Å². The molecule has 1 aliphatic heterocycles. The molecule has 1 amide bonds. The Morgan fingerprint density at radius 2 is 2.04 bits per heavy atom. The molecule has 3 aromatic rings. The third kappa shape index (κ3) is 3.47. The molecule has 1 saturated heterocycles. The molecule has 1 N–H and O–H groups in total. The van der Waals surface area contributed by atoms with Gasteiger partial charge in [-0.25, -0.2) is 9.37 Å². The van der Waals surface area contributed by atoms with E-state index in [1.54, 1.807) is 6.07 Å². The average Bonchev–Trinajstić information content (AvgIpc) is 3.03. The van der Waals surface area contributed by atoms with Crippen LogP contribution in [0.25, 0.3) is 10.2 Å². The summed E-state index contributed by atoms with van der Waals surface area (Å²) in [4.78, 5) is 18.9. The van der Waals surface area contributed by atoms with Crippen molar-refractivity contribution in [1.29, 1.82) is 0 Å². The zero-order valence-corrected chi connectivity index (χ0v) is 14.2. The number of nitrogens with zero attached hydrogens (tertiary/aromatic N) is 2. The number of aromatic nitrogens is 1. The highest BCUT2D eigenvalue weighted by molar-refractivity contribution is 7.22. The van der Waals surface area contributed by atoms with Crippen molar-refractivity contribution in [3.63, 3.8) is 0 Å². The van der Waals surface area contributed by atoms with Crippen LogP contribution >= 0.6 is 11.3 Å². The van der Waals surface area contributed by atoms with Gasteiger partial charge in [0.15, 0.2) is 5.13 Å². The van der Waals surface area contributed by atoms with Gasteiger partial charge in [-0.3, -0.25) is 10.1 Å². The van der Waals surface area contributed by atoms with Gasteiger partial charge in [0.2, 0.25) is 0 Å². The van der Waals surface area contributed by atoms with E-state index in [9.17, 15) is 9.18 Å². The van der Waals surface area contributed by atoms with Gasteiger partial charge in [-0.2, -0.15) is 0 Å². The molecule has 2 aromatic carbocycles. The number of morpholine rings is 1. The number of anilines is 2. The minimum atomic E-state index is -0.438. The van der Waals surface area contributed by atoms with Crippen LogP contribution < -0.4 is 10.2 Å². The Morgan fingerprint density at radius 3 is 2.84 bits per heavy atom. The summed E-state index contributed by atoms with van der Waals surface area (Å²) >= 11 is 1.41. The van der Waals surface area contributed by atoms with E-state index in [1.807, 2.05) is 12.1 Å². The second kappa shape index (κ2) is 6.78. The third-order valence-corrected chi connectivity index (χ3v) is 4.99. The molecule has 0 spiro atoms. The highest BCUT2D eigenvalue weighted by Gasteiger charge is 2.14. The molecule has 0 unspecified atom stereocenters. The highest BCUT2D eigenvalue weighted by Crippen LogP contribution is 2.30. The number of amides is 1. The summed E-state index contributed by atoms with van der Waals surface area (Å²) < 4.78 is 19.6. The molecule has 128 valence electrons. The van der Waals surface area contributed by atoms with Crippen molar-refractivity contribution in [3.05, 3.63) is 53.8 Å². The van der Waals surface area contributed by atoms with Crippen LogP contribution in [0.4, 0.5) is 15.2 Å². The van der Waals surface area contributed by atoms with Gasteiger partial charge < -0.3 is 9.64 Å². The minimum Gasteiger partial charge on any atom is -0.378 e. The van der Waals surface area contributed by atoms with E-state index in [-0.39, 0.29) is 11.5 Å². The van der Waals surface area contributed by atoms with Crippen LogP contribution in [0.2, 0.25) is 0 Å². The second-order valence-electron chi connectivity index (χ2n) is 5.73. The predicted molar refractivity (Wildman–Crippen MR) is 97.0 cm³/mol. The number of ether oxygens (including phenoxy) is 1. The molecule has 1 aliphatic rings. The van der Waals surface area contributed by atoms with Gasteiger partial charge >= 0.3 is 0 Å². The van der Waals surface area contributed by atoms with Crippen LogP contribution in [0.3, 0.4) is 0 Å². The lowest BCUT2D eigenvalue weighted by Gasteiger charge is -2.28. The van der Waals surface area contributed by atoms with Crippen molar-refractivity contribution in [2.75, 3.05) is 36.5 Å². The van der Waals surface area contributed by atoms with E-state index in [2.05, 4.69) is 21.3 Å². The van der Waals surface area contributed by atoms with Crippen molar-refractivity contribution < 1.29 is 13.9 Å². The molecular weight excluding hydrogens is 341 g/mol. The van der Waals surface area contributed by atoms with Gasteiger partial charge in [0.05, 0.1) is 23.4 Å². The highest BCUT2D eigenvalue weighted by atomic mass is 32.1. The molecule has 0 atom stereocenters. The molecular formula is C18H16FN3O2S. The number of hydrogen-bond acceptors (Lipinski definition) is 5. The standard InChI is InChI=1S/C18H16FN3O2S/c19-13-3-1-2-12(10-13)17(23)21-18-20-15-5-4-14(11-16(15)25-18)22-6-8-24-9-7-22/h1-5,10-11H,6-9H2,(H,20,21,23). The Morgan fingerprint density at radius 1 is 1.20 bits per heavy atom. The normalized spacial score (nSPS) is 14.7. The number of fused-ring (bicyclic) bond motifs is 1. The number of hydrogen-bond donors (Lipinski definition) is 1. The minimum absolute atomic E-state index is 0.272. The molecule has 0 bridgehead atoms. The Balaban J connectivity index is 1.55. The zero-order valence-electron chi connectivity index (χ0n) is 13.4. The second-order valence-corrected chi connectivity index (χ2v) is 6.77. The number of halogens is 1. The lowest BCUT2D eigenvalue weighted by atomic mass is 10.2. The smallest absolute Gasteiger partial charge is 0.257 e. The number of thiazole rings is 1. The Hall–Kier alpha value is -2.51. The monoisotopic (exact) mass is 357 g/mol. The summed E-state index contributed by atoms with van der Waals surface area (Å²) in [5.41, 5.74) is 2.23. The van der Waals surface area contributed by atoms with Gasteiger partial charge in [-0.05, 0) is 36.4 Å². The van der Waals surface area contributed by atoms with Crippen molar-refractivity contribution in [2.45, 2.75) is 0 Å². The molecule has 7 heteroatoms. The first-order valence-corrected chi connectivity index (χ1v) is 8.81. The van der Waals surface area contributed by atoms with Crippen LogP contribution in [0.1, 0.15) is 10.4 Å². The third-order valence-electron chi connectivity index (χ3n) is 4.06. The van der Waals surface area contributed by atoms with Crippen LogP contribution in [-0.2, 0) is 4.74 Å². The molecule has 0 radical (unpaired) electrons. The van der Waals surface area contributed by atoms with Crippen LogP contribution in [0.5, 0.6) is 0 Å². The first-order chi connectivity index (χ1) is 12.2. The first-order valence-electron chi connectivity index (χ1n) is 7.99. The maximum atomic E-state index is 13.2. The summed E-state index contributed by atoms with van der Waals surface area (Å²) in [6, 6.07) is 11.7. The fourth-order valence-corrected chi connectivity index (χ4v) is 3.68. The molecule has 1 aromatic heterocycles. The number of nitrogens with one attached hydrogen (secondary N) is 1. The summed E-state index contributed by atoms with van der Waals surface area (Å²) in [6.07, 6.45) is 0. The zero-order chi connectivity index (χ0) is 17.2. The number of benzene rings is 2. The van der Waals surface area contributed by atoms with Crippen LogP contribution in [-0.4, -0.2) is 37.2 Å². The molecule has 0 aliphatic carbocycles. The SMILES string of the molecule is O=C(Nc1nc2ccc(N3CCOCC3)cc2s1)c1cccc(F)c1. The number of rotatable bonds is 3. The van der Waals surface area contributed by atoms with Gasteiger partial charge in [-0.15, -0.1) is 0 Å². The maximum absolute atomic E-state index is 13.2. The van der Waals surface area contributed by atoms with Gasteiger partial charge in [0, 0.05) is 24.3 Å². The fraction of sp³-hybridized carbons (Fsp3) is 0.222. The van der Waals surface area contributed by atoms with E-state index in [0.29, 0.717) is 5.13 Å². The summed E-state index contributed by atoms with van der Waals surface area (Å²) in [7, 11) is 0. The largest absolute Gasteiger partial charge is 0.378 e. The van der Waals surface area contributed by atoms with Crippen molar-refractivity contribution in [1.82, 2.24) is 4.98 Å². The lowest BCUT2D eigenvalue weighted by molar-refractivity contribution is 0.102. The number of carbonyl (C=O) groups is 1. The maximum Gasteiger partial charge on any atom is 0.257 e. The van der Waals surface area contributed by atoms with E-state index < -0.39 is 5.82 Å². The summed E-state index contributed by atoms with van der Waals surface area (Å²) in [5, 5.41) is 3.25. The van der Waals surface area contributed by atoms with Crippen molar-refractivity contribution in [3.8, 4) is 0 Å². The molecule has 4 rings (SSSR count). The molecule has 0 saturated carbocycles. The first kappa shape index (κ1) is 16.0. The van der Waals surface area contributed by atoms with Crippen molar-refractivity contribution in [2.24, 2.45) is 0 Å².